The third-order valence-corrected chi connectivity index (χ3v) is 5.14. The summed E-state index contributed by atoms with van der Waals surface area (Å²) < 4.78 is 0. The highest BCUT2D eigenvalue weighted by molar-refractivity contribution is 5.86. The molecule has 3 aromatic rings. The number of fused-ring (bicyclic) bond motifs is 1. The zero-order valence-electron chi connectivity index (χ0n) is 14.2. The van der Waals surface area contributed by atoms with Crippen molar-refractivity contribution < 1.29 is 0 Å². The van der Waals surface area contributed by atoms with E-state index in [0.717, 1.165) is 19.0 Å². The molecular weight excluding hydrogens is 294 g/mol. The highest BCUT2D eigenvalue weighted by Gasteiger charge is 2.19. The van der Waals surface area contributed by atoms with Gasteiger partial charge in [0, 0.05) is 48.7 Å². The van der Waals surface area contributed by atoms with Gasteiger partial charge in [-0.25, -0.2) is 0 Å². The van der Waals surface area contributed by atoms with Crippen LogP contribution in [0.1, 0.15) is 25.5 Å². The summed E-state index contributed by atoms with van der Waals surface area (Å²) in [6.45, 7) is 4.69. The first-order chi connectivity index (χ1) is 11.8. The number of hydrogen-bond acceptors (Lipinski definition) is 3. The van der Waals surface area contributed by atoms with E-state index in [0.29, 0.717) is 0 Å². The van der Waals surface area contributed by atoms with Gasteiger partial charge in [0.15, 0.2) is 0 Å². The van der Waals surface area contributed by atoms with Crippen LogP contribution in [0.25, 0.3) is 21.9 Å². The molecule has 1 atom stereocenters. The Labute approximate surface area is 143 Å². The molecule has 1 saturated heterocycles. The lowest BCUT2D eigenvalue weighted by Crippen LogP contribution is -2.29. The standard InChI is InChI=1S/C21H23N3/c1-16-3-2-11-24(16)12-8-21-14-19-5-4-18(13-20(19)15-23-21)17-6-9-22-10-7-17/h4-7,9-10,13-16H,2-3,8,11-12H2,1H3/t16-/m1/s1. The van der Waals surface area contributed by atoms with E-state index in [1.807, 2.05) is 30.7 Å². The molecule has 3 heteroatoms. The monoisotopic (exact) mass is 317 g/mol. The second-order valence-corrected chi connectivity index (χ2v) is 6.75. The molecule has 1 aliphatic rings. The van der Waals surface area contributed by atoms with Crippen molar-refractivity contribution in [3.63, 3.8) is 0 Å². The van der Waals surface area contributed by atoms with E-state index in [1.165, 1.54) is 47.0 Å². The van der Waals surface area contributed by atoms with Crippen molar-refractivity contribution >= 4 is 10.8 Å². The molecule has 0 unspecified atom stereocenters. The highest BCUT2D eigenvalue weighted by Crippen LogP contribution is 2.24. The Balaban J connectivity index is 1.53. The van der Waals surface area contributed by atoms with Crippen molar-refractivity contribution in [2.24, 2.45) is 0 Å². The lowest BCUT2D eigenvalue weighted by Gasteiger charge is -2.20. The van der Waals surface area contributed by atoms with E-state index in [-0.39, 0.29) is 0 Å². The van der Waals surface area contributed by atoms with Crippen LogP contribution in [0.3, 0.4) is 0 Å². The molecule has 0 spiro atoms. The van der Waals surface area contributed by atoms with Crippen LogP contribution in [0, 0.1) is 0 Å². The second-order valence-electron chi connectivity index (χ2n) is 6.75. The van der Waals surface area contributed by atoms with Crippen molar-refractivity contribution in [1.29, 1.82) is 0 Å². The van der Waals surface area contributed by atoms with Crippen LogP contribution in [0.2, 0.25) is 0 Å². The van der Waals surface area contributed by atoms with Crippen LogP contribution in [0.15, 0.2) is 55.0 Å². The Morgan fingerprint density at radius 1 is 1.04 bits per heavy atom. The van der Waals surface area contributed by atoms with E-state index in [4.69, 9.17) is 0 Å². The molecule has 3 heterocycles. The van der Waals surface area contributed by atoms with E-state index < -0.39 is 0 Å². The molecule has 4 rings (SSSR count). The van der Waals surface area contributed by atoms with Crippen molar-refractivity contribution in [3.8, 4) is 11.1 Å². The van der Waals surface area contributed by atoms with Gasteiger partial charge in [0.05, 0.1) is 0 Å². The molecule has 0 N–H and O–H groups in total. The van der Waals surface area contributed by atoms with Crippen molar-refractivity contribution in [1.82, 2.24) is 14.9 Å². The quantitative estimate of drug-likeness (QED) is 0.717. The largest absolute Gasteiger partial charge is 0.300 e. The van der Waals surface area contributed by atoms with Gasteiger partial charge in [-0.15, -0.1) is 0 Å². The minimum Gasteiger partial charge on any atom is -0.300 e. The van der Waals surface area contributed by atoms with E-state index in [2.05, 4.69) is 46.1 Å². The van der Waals surface area contributed by atoms with Crippen LogP contribution in [-0.4, -0.2) is 34.0 Å². The van der Waals surface area contributed by atoms with Crippen LogP contribution in [0.4, 0.5) is 0 Å². The van der Waals surface area contributed by atoms with Crippen LogP contribution in [0.5, 0.6) is 0 Å². The molecule has 0 saturated carbocycles. The van der Waals surface area contributed by atoms with Crippen molar-refractivity contribution in [2.45, 2.75) is 32.2 Å². The summed E-state index contributed by atoms with van der Waals surface area (Å²) in [5, 5.41) is 2.47. The maximum absolute atomic E-state index is 4.69. The van der Waals surface area contributed by atoms with Gasteiger partial charge in [0.25, 0.3) is 0 Å². The first kappa shape index (κ1) is 15.3. The summed E-state index contributed by atoms with van der Waals surface area (Å²) in [7, 11) is 0. The van der Waals surface area contributed by atoms with Crippen LogP contribution >= 0.6 is 0 Å². The maximum atomic E-state index is 4.69. The Bertz CT molecular complexity index is 829. The average molecular weight is 317 g/mol. The Morgan fingerprint density at radius 3 is 2.71 bits per heavy atom. The number of hydrogen-bond donors (Lipinski definition) is 0. The summed E-state index contributed by atoms with van der Waals surface area (Å²) >= 11 is 0. The molecule has 3 nitrogen and oxygen atoms in total. The first-order valence-electron chi connectivity index (χ1n) is 8.83. The molecule has 0 bridgehead atoms. The normalized spacial score (nSPS) is 18.3. The first-order valence-corrected chi connectivity index (χ1v) is 8.83. The van der Waals surface area contributed by atoms with Gasteiger partial charge in [0.1, 0.15) is 0 Å². The number of pyridine rings is 2. The van der Waals surface area contributed by atoms with Gasteiger partial charge < -0.3 is 4.90 Å². The zero-order chi connectivity index (χ0) is 16.4. The lowest BCUT2D eigenvalue weighted by molar-refractivity contribution is 0.271. The van der Waals surface area contributed by atoms with Gasteiger partial charge in [-0.2, -0.15) is 0 Å². The molecule has 1 aliphatic heterocycles. The number of benzene rings is 1. The second kappa shape index (κ2) is 6.70. The molecule has 1 fully saturated rings. The predicted octanol–water partition coefficient (Wildman–Crippen LogP) is 4.32. The molecular formula is C21H23N3. The third-order valence-electron chi connectivity index (χ3n) is 5.14. The fourth-order valence-corrected chi connectivity index (χ4v) is 3.63. The molecule has 122 valence electrons. The Kier molecular flexibility index (Phi) is 4.26. The van der Waals surface area contributed by atoms with Crippen molar-refractivity contribution in [2.75, 3.05) is 13.1 Å². The van der Waals surface area contributed by atoms with Crippen molar-refractivity contribution in [3.05, 3.63) is 60.7 Å². The smallest absolute Gasteiger partial charge is 0.0422 e. The van der Waals surface area contributed by atoms with Gasteiger partial charge >= 0.3 is 0 Å². The van der Waals surface area contributed by atoms with E-state index >= 15 is 0 Å². The summed E-state index contributed by atoms with van der Waals surface area (Å²) in [6, 6.07) is 13.7. The average Bonchev–Trinajstić information content (AvgIpc) is 3.05. The predicted molar refractivity (Wildman–Crippen MR) is 98.9 cm³/mol. The van der Waals surface area contributed by atoms with Gasteiger partial charge in [-0.05, 0) is 67.1 Å². The molecule has 24 heavy (non-hydrogen) atoms. The maximum Gasteiger partial charge on any atom is 0.0422 e. The minimum atomic E-state index is 0.730. The Hall–Kier alpha value is -2.26. The lowest BCUT2D eigenvalue weighted by atomic mass is 10.0. The fourth-order valence-electron chi connectivity index (χ4n) is 3.63. The summed E-state index contributed by atoms with van der Waals surface area (Å²) in [6.07, 6.45) is 9.39. The Morgan fingerprint density at radius 2 is 1.92 bits per heavy atom. The van der Waals surface area contributed by atoms with Crippen LogP contribution in [-0.2, 0) is 6.42 Å². The van der Waals surface area contributed by atoms with Gasteiger partial charge in [-0.3, -0.25) is 9.97 Å². The summed E-state index contributed by atoms with van der Waals surface area (Å²) in [5.74, 6) is 0. The van der Waals surface area contributed by atoms with Gasteiger partial charge in [0.2, 0.25) is 0 Å². The fraction of sp³-hybridized carbons (Fsp3) is 0.333. The number of rotatable bonds is 4. The minimum absolute atomic E-state index is 0.730. The van der Waals surface area contributed by atoms with Crippen LogP contribution < -0.4 is 0 Å². The number of nitrogens with zero attached hydrogens (tertiary/aromatic N) is 3. The number of likely N-dealkylation sites (tertiary alicyclic amines) is 1. The topological polar surface area (TPSA) is 29.0 Å². The van der Waals surface area contributed by atoms with Gasteiger partial charge in [-0.1, -0.05) is 12.1 Å². The molecule has 2 aromatic heterocycles. The molecule has 0 aliphatic carbocycles. The number of aromatic nitrogens is 2. The highest BCUT2D eigenvalue weighted by atomic mass is 15.2. The third kappa shape index (κ3) is 3.17. The summed E-state index contributed by atoms with van der Waals surface area (Å²) in [4.78, 5) is 11.4. The SMILES string of the molecule is C[C@@H]1CCCN1CCc1cc2ccc(-c3ccncc3)cc2cn1. The molecule has 1 aromatic carbocycles. The van der Waals surface area contributed by atoms with E-state index in [9.17, 15) is 0 Å². The molecule has 0 radical (unpaired) electrons. The molecule has 0 amide bonds. The summed E-state index contributed by atoms with van der Waals surface area (Å²) in [5.41, 5.74) is 3.60. The zero-order valence-corrected chi connectivity index (χ0v) is 14.2. The van der Waals surface area contributed by atoms with E-state index in [1.54, 1.807) is 0 Å².